The molecule has 0 N–H and O–H groups in total. The first-order valence-corrected chi connectivity index (χ1v) is 12.7. The van der Waals surface area contributed by atoms with Crippen LogP contribution in [0.4, 0.5) is 0 Å². The first-order chi connectivity index (χ1) is 14.3. The average Bonchev–Trinajstić information content (AvgIpc) is 3.36. The van der Waals surface area contributed by atoms with Crippen molar-refractivity contribution in [2.24, 2.45) is 0 Å². The molecule has 0 bridgehead atoms. The predicted octanol–water partition coefficient (Wildman–Crippen LogP) is 3.85. The molecule has 0 spiro atoms. The Hall–Kier alpha value is -2.18. The van der Waals surface area contributed by atoms with Crippen LogP contribution in [0.1, 0.15) is 43.0 Å². The lowest BCUT2D eigenvalue weighted by molar-refractivity contribution is 0.0696. The highest BCUT2D eigenvalue weighted by Crippen LogP contribution is 2.26. The minimum Gasteiger partial charge on any atom is -0.334 e. The highest BCUT2D eigenvalue weighted by Gasteiger charge is 2.32. The van der Waals surface area contributed by atoms with Crippen molar-refractivity contribution >= 4 is 15.7 Å². The quantitative estimate of drug-likeness (QED) is 0.729. The van der Waals surface area contributed by atoms with E-state index < -0.39 is 9.84 Å². The Morgan fingerprint density at radius 2 is 1.53 bits per heavy atom. The number of rotatable bonds is 5. The van der Waals surface area contributed by atoms with Crippen LogP contribution in [-0.2, 0) is 9.84 Å². The molecular formula is C24H30N2O3S. The van der Waals surface area contributed by atoms with Crippen molar-refractivity contribution in [3.05, 3.63) is 54.1 Å². The topological polar surface area (TPSA) is 57.7 Å². The lowest BCUT2D eigenvalue weighted by Gasteiger charge is -2.30. The van der Waals surface area contributed by atoms with Gasteiger partial charge in [0.2, 0.25) is 0 Å². The third-order valence-electron chi connectivity index (χ3n) is 6.52. The summed E-state index contributed by atoms with van der Waals surface area (Å²) in [6.07, 6.45) is 5.88. The standard InChI is InChI=1S/C24H30N2O3S/c1-18-5-3-15-25(18)17-22-6-4-16-26(22)24(27)21-9-7-19(8-10-21)20-11-13-23(14-12-20)30(2,28)29/h7-14,18,22H,3-6,15-17H2,1-2H3/t18-,22?/m0/s1. The van der Waals surface area contributed by atoms with Gasteiger partial charge in [0, 0.05) is 37.0 Å². The lowest BCUT2D eigenvalue weighted by Crippen LogP contribution is -2.44. The van der Waals surface area contributed by atoms with E-state index in [-0.39, 0.29) is 5.91 Å². The van der Waals surface area contributed by atoms with Crippen molar-refractivity contribution in [2.75, 3.05) is 25.9 Å². The van der Waals surface area contributed by atoms with Gasteiger partial charge in [-0.05, 0) is 74.5 Å². The number of likely N-dealkylation sites (tertiary alicyclic amines) is 2. The van der Waals surface area contributed by atoms with Crippen molar-refractivity contribution in [3.63, 3.8) is 0 Å². The van der Waals surface area contributed by atoms with Crippen LogP contribution >= 0.6 is 0 Å². The van der Waals surface area contributed by atoms with Crippen molar-refractivity contribution in [3.8, 4) is 11.1 Å². The lowest BCUT2D eigenvalue weighted by atomic mass is 10.0. The van der Waals surface area contributed by atoms with Crippen LogP contribution in [0, 0.1) is 0 Å². The van der Waals surface area contributed by atoms with E-state index in [0.29, 0.717) is 22.5 Å². The number of carbonyl (C=O) groups excluding carboxylic acids is 1. The van der Waals surface area contributed by atoms with Crippen molar-refractivity contribution in [1.82, 2.24) is 9.80 Å². The molecule has 2 saturated heterocycles. The van der Waals surface area contributed by atoms with Crippen molar-refractivity contribution in [1.29, 1.82) is 0 Å². The fraction of sp³-hybridized carbons (Fsp3) is 0.458. The van der Waals surface area contributed by atoms with Gasteiger partial charge in [0.25, 0.3) is 5.91 Å². The van der Waals surface area contributed by atoms with Gasteiger partial charge in [0.15, 0.2) is 9.84 Å². The Kier molecular flexibility index (Phi) is 5.98. The molecule has 1 amide bonds. The van der Waals surface area contributed by atoms with Crippen LogP contribution in [0.3, 0.4) is 0 Å². The maximum Gasteiger partial charge on any atom is 0.254 e. The van der Waals surface area contributed by atoms with Crippen LogP contribution in [0.2, 0.25) is 0 Å². The maximum absolute atomic E-state index is 13.2. The molecule has 2 heterocycles. The highest BCUT2D eigenvalue weighted by atomic mass is 32.2. The van der Waals surface area contributed by atoms with Gasteiger partial charge in [-0.15, -0.1) is 0 Å². The normalized spacial score (nSPS) is 22.5. The molecule has 30 heavy (non-hydrogen) atoms. The van der Waals surface area contributed by atoms with Gasteiger partial charge in [0.05, 0.1) is 4.90 Å². The van der Waals surface area contributed by atoms with Gasteiger partial charge >= 0.3 is 0 Å². The molecule has 2 aromatic rings. The minimum atomic E-state index is -3.20. The van der Waals surface area contributed by atoms with Crippen LogP contribution in [0.5, 0.6) is 0 Å². The maximum atomic E-state index is 13.2. The van der Waals surface area contributed by atoms with E-state index in [2.05, 4.69) is 16.7 Å². The zero-order valence-corrected chi connectivity index (χ0v) is 18.6. The third kappa shape index (κ3) is 4.44. The second kappa shape index (κ2) is 8.52. The number of hydrogen-bond acceptors (Lipinski definition) is 4. The van der Waals surface area contributed by atoms with E-state index in [1.165, 1.54) is 19.1 Å². The average molecular weight is 427 g/mol. The zero-order valence-electron chi connectivity index (χ0n) is 17.8. The number of benzene rings is 2. The number of nitrogens with zero attached hydrogens (tertiary/aromatic N) is 2. The monoisotopic (exact) mass is 426 g/mol. The summed E-state index contributed by atoms with van der Waals surface area (Å²) in [6, 6.07) is 15.4. The summed E-state index contributed by atoms with van der Waals surface area (Å²) in [7, 11) is -3.20. The molecule has 2 atom stereocenters. The third-order valence-corrected chi connectivity index (χ3v) is 7.65. The first kappa shape index (κ1) is 21.1. The van der Waals surface area contributed by atoms with E-state index in [1.807, 2.05) is 24.3 Å². The number of sulfone groups is 1. The summed E-state index contributed by atoms with van der Waals surface area (Å²) in [5.41, 5.74) is 2.62. The van der Waals surface area contributed by atoms with Crippen molar-refractivity contribution in [2.45, 2.75) is 49.6 Å². The molecule has 6 heteroatoms. The second-order valence-corrected chi connectivity index (χ2v) is 10.7. The van der Waals surface area contributed by atoms with Gasteiger partial charge in [-0.1, -0.05) is 24.3 Å². The fourth-order valence-corrected chi connectivity index (χ4v) is 5.32. The van der Waals surface area contributed by atoms with Crippen LogP contribution < -0.4 is 0 Å². The van der Waals surface area contributed by atoms with Crippen LogP contribution in [0.15, 0.2) is 53.4 Å². The molecule has 5 nitrogen and oxygen atoms in total. The molecule has 0 aromatic heterocycles. The first-order valence-electron chi connectivity index (χ1n) is 10.8. The Morgan fingerprint density at radius 1 is 0.933 bits per heavy atom. The number of carbonyl (C=O) groups is 1. The molecular weight excluding hydrogens is 396 g/mol. The summed E-state index contributed by atoms with van der Waals surface area (Å²) in [6.45, 7) is 5.25. The summed E-state index contributed by atoms with van der Waals surface area (Å²) in [5.74, 6) is 0.114. The summed E-state index contributed by atoms with van der Waals surface area (Å²) in [4.78, 5) is 18.1. The van der Waals surface area contributed by atoms with Gasteiger partial charge < -0.3 is 4.90 Å². The van der Waals surface area contributed by atoms with Gasteiger partial charge in [-0.2, -0.15) is 0 Å². The molecule has 4 rings (SSSR count). The predicted molar refractivity (Wildman–Crippen MR) is 119 cm³/mol. The van der Waals surface area contributed by atoms with Crippen LogP contribution in [-0.4, -0.2) is 62.1 Å². The zero-order chi connectivity index (χ0) is 21.3. The molecule has 0 saturated carbocycles. The second-order valence-electron chi connectivity index (χ2n) is 8.65. The Morgan fingerprint density at radius 3 is 2.10 bits per heavy atom. The number of amides is 1. The molecule has 2 aliphatic rings. The summed E-state index contributed by atoms with van der Waals surface area (Å²) >= 11 is 0. The Balaban J connectivity index is 1.46. The summed E-state index contributed by atoms with van der Waals surface area (Å²) in [5, 5.41) is 0. The molecule has 2 aromatic carbocycles. The van der Waals surface area contributed by atoms with Gasteiger partial charge in [0.1, 0.15) is 0 Å². The molecule has 0 aliphatic carbocycles. The molecule has 2 aliphatic heterocycles. The van der Waals surface area contributed by atoms with E-state index in [4.69, 9.17) is 0 Å². The van der Waals surface area contributed by atoms with E-state index in [1.54, 1.807) is 24.3 Å². The van der Waals surface area contributed by atoms with Crippen LogP contribution in [0.25, 0.3) is 11.1 Å². The van der Waals surface area contributed by atoms with E-state index in [9.17, 15) is 13.2 Å². The van der Waals surface area contributed by atoms with E-state index >= 15 is 0 Å². The van der Waals surface area contributed by atoms with Gasteiger partial charge in [-0.3, -0.25) is 9.69 Å². The molecule has 1 unspecified atom stereocenters. The molecule has 0 radical (unpaired) electrons. The smallest absolute Gasteiger partial charge is 0.254 e. The molecule has 160 valence electrons. The minimum absolute atomic E-state index is 0.114. The van der Waals surface area contributed by atoms with Gasteiger partial charge in [-0.25, -0.2) is 8.42 Å². The fourth-order valence-electron chi connectivity index (χ4n) is 4.69. The Bertz CT molecular complexity index is 1000. The van der Waals surface area contributed by atoms with E-state index in [0.717, 1.165) is 43.6 Å². The Labute approximate surface area is 179 Å². The molecule has 2 fully saturated rings. The highest BCUT2D eigenvalue weighted by molar-refractivity contribution is 7.90. The van der Waals surface area contributed by atoms with Crippen molar-refractivity contribution < 1.29 is 13.2 Å². The largest absolute Gasteiger partial charge is 0.334 e. The summed E-state index contributed by atoms with van der Waals surface area (Å²) < 4.78 is 23.3. The SMILES string of the molecule is C[C@H]1CCCN1CC1CCCN1C(=O)c1ccc(-c2ccc(S(C)(=O)=O)cc2)cc1. The number of hydrogen-bond donors (Lipinski definition) is 0.